The summed E-state index contributed by atoms with van der Waals surface area (Å²) in [6, 6.07) is 2.17. The minimum Gasteiger partial charge on any atom is -0.403 e. The maximum absolute atomic E-state index is 14.0. The molecular formula is C16H13F5N4O2. The first-order chi connectivity index (χ1) is 12.6. The van der Waals surface area contributed by atoms with Crippen LogP contribution >= 0.6 is 0 Å². The molecule has 0 aliphatic carbocycles. The Labute approximate surface area is 148 Å². The van der Waals surface area contributed by atoms with Crippen molar-refractivity contribution in [1.82, 2.24) is 19.7 Å². The Morgan fingerprint density at radius 2 is 2.04 bits per heavy atom. The Bertz CT molecular complexity index is 1060. The molecule has 27 heavy (non-hydrogen) atoms. The van der Waals surface area contributed by atoms with Crippen molar-refractivity contribution in [2.45, 2.75) is 32.9 Å². The second-order valence-corrected chi connectivity index (χ2v) is 5.79. The molecule has 2 aromatic heterocycles. The van der Waals surface area contributed by atoms with Gasteiger partial charge in [-0.15, -0.1) is 13.2 Å². The first-order valence-corrected chi connectivity index (χ1v) is 7.70. The molecule has 1 atom stereocenters. The molecule has 0 unspecified atom stereocenters. The van der Waals surface area contributed by atoms with Crippen molar-refractivity contribution >= 4 is 11.0 Å². The summed E-state index contributed by atoms with van der Waals surface area (Å²) in [7, 11) is 0. The molecule has 1 aromatic carbocycles. The third kappa shape index (κ3) is 3.62. The van der Waals surface area contributed by atoms with E-state index in [1.165, 1.54) is 17.7 Å². The Morgan fingerprint density at radius 3 is 2.63 bits per heavy atom. The Kier molecular flexibility index (Phi) is 4.62. The fourth-order valence-corrected chi connectivity index (χ4v) is 2.71. The van der Waals surface area contributed by atoms with Gasteiger partial charge in [-0.3, -0.25) is 4.79 Å². The number of nitrogens with zero attached hydrogens (tertiary/aromatic N) is 3. The summed E-state index contributed by atoms with van der Waals surface area (Å²) in [5.74, 6) is -1.93. The molecule has 0 saturated carbocycles. The predicted octanol–water partition coefficient (Wildman–Crippen LogP) is 3.54. The van der Waals surface area contributed by atoms with E-state index in [0.29, 0.717) is 0 Å². The van der Waals surface area contributed by atoms with E-state index in [1.807, 2.05) is 0 Å². The molecule has 11 heteroatoms. The molecule has 0 amide bonds. The molecule has 0 aliphatic heterocycles. The number of benzene rings is 1. The minimum atomic E-state index is -5.02. The number of alkyl halides is 4. The van der Waals surface area contributed by atoms with Crippen LogP contribution in [-0.2, 0) is 6.67 Å². The number of nitrogens with one attached hydrogen (secondary N) is 1. The van der Waals surface area contributed by atoms with Crippen molar-refractivity contribution in [2.24, 2.45) is 0 Å². The summed E-state index contributed by atoms with van der Waals surface area (Å²) in [5.41, 5.74) is -0.379. The van der Waals surface area contributed by atoms with Crippen molar-refractivity contribution in [1.29, 1.82) is 0 Å². The largest absolute Gasteiger partial charge is 0.573 e. The van der Waals surface area contributed by atoms with Gasteiger partial charge in [0.05, 0.1) is 6.04 Å². The molecule has 0 saturated heterocycles. The minimum absolute atomic E-state index is 0.0348. The molecular weight excluding hydrogens is 375 g/mol. The van der Waals surface area contributed by atoms with E-state index in [9.17, 15) is 26.7 Å². The van der Waals surface area contributed by atoms with E-state index in [0.717, 1.165) is 12.1 Å². The Hall–Kier alpha value is -2.98. The molecule has 6 nitrogen and oxygen atoms in total. The average molecular weight is 388 g/mol. The molecule has 3 aromatic rings. The lowest BCUT2D eigenvalue weighted by Crippen LogP contribution is -2.18. The van der Waals surface area contributed by atoms with Crippen LogP contribution in [0.1, 0.15) is 30.0 Å². The topological polar surface area (TPSA) is 72.8 Å². The molecule has 0 fully saturated rings. The SMILES string of the molecule is Cc1nc2c(c(CF)nn2[C@H](C)c2ccc(OC(F)(F)F)c(F)c2)c(=O)[nH]1. The van der Waals surface area contributed by atoms with E-state index >= 15 is 0 Å². The average Bonchev–Trinajstić information content (AvgIpc) is 2.93. The summed E-state index contributed by atoms with van der Waals surface area (Å²) in [4.78, 5) is 18.7. The number of H-pyrrole nitrogens is 1. The van der Waals surface area contributed by atoms with E-state index in [1.54, 1.807) is 6.92 Å². The van der Waals surface area contributed by atoms with E-state index in [2.05, 4.69) is 19.8 Å². The van der Waals surface area contributed by atoms with Crippen LogP contribution in [0, 0.1) is 12.7 Å². The van der Waals surface area contributed by atoms with Gasteiger partial charge in [-0.2, -0.15) is 5.10 Å². The fourth-order valence-electron chi connectivity index (χ4n) is 2.71. The van der Waals surface area contributed by atoms with Crippen LogP contribution in [0.15, 0.2) is 23.0 Å². The molecule has 2 heterocycles. The second-order valence-electron chi connectivity index (χ2n) is 5.79. The molecule has 3 rings (SSSR count). The van der Waals surface area contributed by atoms with Gasteiger partial charge in [0, 0.05) is 0 Å². The zero-order valence-electron chi connectivity index (χ0n) is 14.1. The van der Waals surface area contributed by atoms with Crippen molar-refractivity contribution in [2.75, 3.05) is 0 Å². The van der Waals surface area contributed by atoms with E-state index in [-0.39, 0.29) is 28.1 Å². The van der Waals surface area contributed by atoms with Crippen LogP contribution in [0.4, 0.5) is 22.0 Å². The summed E-state index contributed by atoms with van der Waals surface area (Å²) in [6.45, 7) is 2.07. The number of hydrogen-bond acceptors (Lipinski definition) is 4. The summed E-state index contributed by atoms with van der Waals surface area (Å²) in [6.07, 6.45) is -5.02. The van der Waals surface area contributed by atoms with Crippen molar-refractivity contribution < 1.29 is 26.7 Å². The second kappa shape index (κ2) is 6.63. The van der Waals surface area contributed by atoms with Gasteiger partial charge in [-0.25, -0.2) is 18.4 Å². The lowest BCUT2D eigenvalue weighted by molar-refractivity contribution is -0.275. The third-order valence-electron chi connectivity index (χ3n) is 3.91. The predicted molar refractivity (Wildman–Crippen MR) is 84.6 cm³/mol. The van der Waals surface area contributed by atoms with Gasteiger partial charge in [0.25, 0.3) is 5.56 Å². The molecule has 0 radical (unpaired) electrons. The Morgan fingerprint density at radius 1 is 1.33 bits per heavy atom. The molecule has 144 valence electrons. The van der Waals surface area contributed by atoms with Crippen LogP contribution in [0.2, 0.25) is 0 Å². The number of aryl methyl sites for hydroxylation is 1. The lowest BCUT2D eigenvalue weighted by atomic mass is 10.1. The van der Waals surface area contributed by atoms with Crippen LogP contribution in [0.25, 0.3) is 11.0 Å². The summed E-state index contributed by atoms with van der Waals surface area (Å²) < 4.78 is 68.8. The van der Waals surface area contributed by atoms with Gasteiger partial charge < -0.3 is 9.72 Å². The number of hydrogen-bond donors (Lipinski definition) is 1. The number of aromatic amines is 1. The lowest BCUT2D eigenvalue weighted by Gasteiger charge is -2.15. The smallest absolute Gasteiger partial charge is 0.403 e. The molecule has 0 spiro atoms. The van der Waals surface area contributed by atoms with Crippen LogP contribution < -0.4 is 10.3 Å². The number of fused-ring (bicyclic) bond motifs is 1. The highest BCUT2D eigenvalue weighted by atomic mass is 19.4. The maximum Gasteiger partial charge on any atom is 0.573 e. The zero-order chi connectivity index (χ0) is 19.9. The normalized spacial score (nSPS) is 13.1. The number of halogens is 5. The van der Waals surface area contributed by atoms with Crippen LogP contribution in [0.3, 0.4) is 0 Å². The van der Waals surface area contributed by atoms with Gasteiger partial charge >= 0.3 is 6.36 Å². The standard InChI is InChI=1S/C16H13F5N4O2/c1-7(9-3-4-12(10(18)5-9)27-16(19,20)21)25-14-13(11(6-17)24-25)15(26)23-8(2)22-14/h3-5,7H,6H2,1-2H3,(H,22,23,26)/t7-/m1/s1. The zero-order valence-corrected chi connectivity index (χ0v) is 14.1. The van der Waals surface area contributed by atoms with Crippen molar-refractivity contribution in [3.05, 3.63) is 51.5 Å². The summed E-state index contributed by atoms with van der Waals surface area (Å²) >= 11 is 0. The van der Waals surface area contributed by atoms with Gasteiger partial charge in [-0.1, -0.05) is 6.07 Å². The highest BCUT2D eigenvalue weighted by Gasteiger charge is 2.32. The monoisotopic (exact) mass is 388 g/mol. The van der Waals surface area contributed by atoms with Crippen LogP contribution in [-0.4, -0.2) is 26.1 Å². The van der Waals surface area contributed by atoms with Crippen molar-refractivity contribution in [3.8, 4) is 5.75 Å². The summed E-state index contributed by atoms with van der Waals surface area (Å²) in [5, 5.41) is 3.99. The maximum atomic E-state index is 14.0. The Balaban J connectivity index is 2.07. The number of aromatic nitrogens is 4. The highest BCUT2D eigenvalue weighted by molar-refractivity contribution is 5.77. The number of ether oxygens (including phenoxy) is 1. The van der Waals surface area contributed by atoms with Crippen molar-refractivity contribution in [3.63, 3.8) is 0 Å². The van der Waals surface area contributed by atoms with Crippen LogP contribution in [0.5, 0.6) is 5.75 Å². The first kappa shape index (κ1) is 18.8. The van der Waals surface area contributed by atoms with Gasteiger partial charge in [0.1, 0.15) is 23.6 Å². The van der Waals surface area contributed by atoms with E-state index < -0.39 is 36.2 Å². The van der Waals surface area contributed by atoms with Gasteiger partial charge in [-0.05, 0) is 31.5 Å². The first-order valence-electron chi connectivity index (χ1n) is 7.70. The molecule has 0 bridgehead atoms. The van der Waals surface area contributed by atoms with E-state index in [4.69, 9.17) is 0 Å². The van der Waals surface area contributed by atoms with Gasteiger partial charge in [0.2, 0.25) is 0 Å². The molecule has 1 N–H and O–H groups in total. The third-order valence-corrected chi connectivity index (χ3v) is 3.91. The molecule has 0 aliphatic rings. The number of rotatable bonds is 4. The highest BCUT2D eigenvalue weighted by Crippen LogP contribution is 2.29. The van der Waals surface area contributed by atoms with Gasteiger partial charge in [0.15, 0.2) is 17.2 Å². The fraction of sp³-hybridized carbons (Fsp3) is 0.312. The quantitative estimate of drug-likeness (QED) is 0.694.